The summed E-state index contributed by atoms with van der Waals surface area (Å²) in [6.07, 6.45) is 2.47. The highest BCUT2D eigenvalue weighted by Gasteiger charge is 2.25. The van der Waals surface area contributed by atoms with Gasteiger partial charge in [-0.2, -0.15) is 15.1 Å². The lowest BCUT2D eigenvalue weighted by Crippen LogP contribution is -2.44. The van der Waals surface area contributed by atoms with E-state index in [0.717, 1.165) is 49.3 Å². The van der Waals surface area contributed by atoms with Crippen LogP contribution in [-0.2, 0) is 6.54 Å². The smallest absolute Gasteiger partial charge is 0.227 e. The molecule has 4 heterocycles. The zero-order valence-corrected chi connectivity index (χ0v) is 18.9. The highest BCUT2D eigenvalue weighted by molar-refractivity contribution is 5.60. The molecule has 1 aliphatic heterocycles. The molecule has 2 fully saturated rings. The molecule has 0 amide bonds. The molecular weight excluding hydrogens is 430 g/mol. The van der Waals surface area contributed by atoms with Crippen molar-refractivity contribution in [2.24, 2.45) is 0 Å². The highest BCUT2D eigenvalue weighted by atomic mass is 16.5. The molecule has 0 atom stereocenters. The molecule has 10 heteroatoms. The SMILES string of the molecule is C.C.CC(C)c1cc(CNc2nc(Nc3cc(C4CC4)[nH]n3)cc(N3CCN(C)CC3)n2)on1. The summed E-state index contributed by atoms with van der Waals surface area (Å²) in [4.78, 5) is 14.1. The summed E-state index contributed by atoms with van der Waals surface area (Å²) in [6, 6.07) is 6.04. The first-order valence-electron chi connectivity index (χ1n) is 11.4. The molecule has 0 spiro atoms. The van der Waals surface area contributed by atoms with Crippen molar-refractivity contribution in [2.45, 2.75) is 59.9 Å². The van der Waals surface area contributed by atoms with E-state index in [1.807, 2.05) is 12.1 Å². The van der Waals surface area contributed by atoms with Crippen molar-refractivity contribution in [1.29, 1.82) is 0 Å². The van der Waals surface area contributed by atoms with Crippen LogP contribution in [0.15, 0.2) is 22.7 Å². The van der Waals surface area contributed by atoms with Crippen LogP contribution in [0.3, 0.4) is 0 Å². The Morgan fingerprint density at radius 3 is 2.50 bits per heavy atom. The van der Waals surface area contributed by atoms with E-state index in [1.165, 1.54) is 18.5 Å². The largest absolute Gasteiger partial charge is 0.359 e. The van der Waals surface area contributed by atoms with Crippen molar-refractivity contribution in [3.8, 4) is 0 Å². The minimum Gasteiger partial charge on any atom is -0.359 e. The molecule has 0 bridgehead atoms. The fourth-order valence-electron chi connectivity index (χ4n) is 3.76. The number of hydrogen-bond acceptors (Lipinski definition) is 9. The zero-order valence-electron chi connectivity index (χ0n) is 18.9. The number of piperazine rings is 1. The standard InChI is InChI=1S/C22H31N9O.2CH4/c1-14(2)17-10-16(32-29-17)13-23-22-25-19(24-20-11-18(27-28-20)15-4-5-15)12-21(26-22)31-8-6-30(3)7-9-31;;/h10-12,14-15H,4-9,13H2,1-3H3,(H3,23,24,25,26,27,28);2*1H4. The third kappa shape index (κ3) is 6.05. The van der Waals surface area contributed by atoms with Gasteiger partial charge in [-0.05, 0) is 25.8 Å². The van der Waals surface area contributed by atoms with Gasteiger partial charge >= 0.3 is 0 Å². The molecule has 0 radical (unpaired) electrons. The normalized spacial score (nSPS) is 16.2. The molecule has 3 aromatic heterocycles. The summed E-state index contributed by atoms with van der Waals surface area (Å²) >= 11 is 0. The van der Waals surface area contributed by atoms with Crippen LogP contribution in [0.2, 0.25) is 0 Å². The minimum absolute atomic E-state index is 0. The van der Waals surface area contributed by atoms with E-state index in [-0.39, 0.29) is 14.9 Å². The van der Waals surface area contributed by atoms with Gasteiger partial charge in [0.25, 0.3) is 0 Å². The van der Waals surface area contributed by atoms with Gasteiger partial charge in [-0.15, -0.1) is 0 Å². The zero-order chi connectivity index (χ0) is 22.1. The molecule has 1 saturated heterocycles. The van der Waals surface area contributed by atoms with Crippen molar-refractivity contribution >= 4 is 23.4 Å². The van der Waals surface area contributed by atoms with Crippen LogP contribution in [0.25, 0.3) is 0 Å². The first-order valence-corrected chi connectivity index (χ1v) is 11.4. The summed E-state index contributed by atoms with van der Waals surface area (Å²) in [5.41, 5.74) is 2.13. The number of rotatable bonds is 8. The number of anilines is 4. The van der Waals surface area contributed by atoms with Crippen LogP contribution >= 0.6 is 0 Å². The maximum atomic E-state index is 5.45. The molecule has 10 nitrogen and oxygen atoms in total. The van der Waals surface area contributed by atoms with E-state index < -0.39 is 0 Å². The lowest BCUT2D eigenvalue weighted by atomic mass is 10.1. The topological polar surface area (TPSA) is 111 Å². The molecule has 2 aliphatic rings. The predicted molar refractivity (Wildman–Crippen MR) is 137 cm³/mol. The molecule has 1 aliphatic carbocycles. The van der Waals surface area contributed by atoms with Crippen molar-refractivity contribution in [3.63, 3.8) is 0 Å². The van der Waals surface area contributed by atoms with Crippen molar-refractivity contribution in [3.05, 3.63) is 35.3 Å². The summed E-state index contributed by atoms with van der Waals surface area (Å²) in [5.74, 6) is 4.65. The summed E-state index contributed by atoms with van der Waals surface area (Å²) in [5, 5.41) is 18.3. The molecule has 1 saturated carbocycles. The van der Waals surface area contributed by atoms with Gasteiger partial charge in [-0.3, -0.25) is 5.10 Å². The van der Waals surface area contributed by atoms with Crippen molar-refractivity contribution < 1.29 is 4.52 Å². The van der Waals surface area contributed by atoms with E-state index in [0.29, 0.717) is 30.1 Å². The predicted octanol–water partition coefficient (Wildman–Crippen LogP) is 4.57. The maximum Gasteiger partial charge on any atom is 0.227 e. The number of hydrogen-bond donors (Lipinski definition) is 3. The first kappa shape index (κ1) is 25.5. The summed E-state index contributed by atoms with van der Waals surface area (Å²) < 4.78 is 5.45. The maximum absolute atomic E-state index is 5.45. The van der Waals surface area contributed by atoms with Gasteiger partial charge in [0.05, 0.1) is 12.2 Å². The number of aromatic amines is 1. The second-order valence-electron chi connectivity index (χ2n) is 9.06. The average molecular weight is 470 g/mol. The second-order valence-corrected chi connectivity index (χ2v) is 9.06. The number of likely N-dealkylation sites (N-methyl/N-ethyl adjacent to an activating group) is 1. The van der Waals surface area contributed by atoms with Gasteiger partial charge in [0.2, 0.25) is 5.95 Å². The molecule has 34 heavy (non-hydrogen) atoms. The molecule has 5 rings (SSSR count). The number of aromatic nitrogens is 5. The molecule has 3 N–H and O–H groups in total. The Morgan fingerprint density at radius 2 is 1.82 bits per heavy atom. The van der Waals surface area contributed by atoms with Crippen LogP contribution in [-0.4, -0.2) is 63.4 Å². The molecular formula is C24H39N9O. The Kier molecular flexibility index (Phi) is 8.14. The number of H-pyrrole nitrogens is 1. The molecule has 3 aromatic rings. The summed E-state index contributed by atoms with van der Waals surface area (Å²) in [6.45, 7) is 8.55. The Labute approximate surface area is 202 Å². The van der Waals surface area contributed by atoms with E-state index in [4.69, 9.17) is 9.51 Å². The van der Waals surface area contributed by atoms with Gasteiger partial charge in [0.15, 0.2) is 11.6 Å². The van der Waals surface area contributed by atoms with Gasteiger partial charge in [0, 0.05) is 56.0 Å². The van der Waals surface area contributed by atoms with Crippen molar-refractivity contribution in [1.82, 2.24) is 30.2 Å². The van der Waals surface area contributed by atoms with Gasteiger partial charge in [-0.1, -0.05) is 33.9 Å². The van der Waals surface area contributed by atoms with E-state index >= 15 is 0 Å². The highest BCUT2D eigenvalue weighted by Crippen LogP contribution is 2.39. The van der Waals surface area contributed by atoms with Gasteiger partial charge < -0.3 is 25.0 Å². The first-order chi connectivity index (χ1) is 15.5. The van der Waals surface area contributed by atoms with Crippen LogP contribution < -0.4 is 15.5 Å². The Balaban J connectivity index is 0.00000162. The second kappa shape index (κ2) is 10.9. The third-order valence-corrected chi connectivity index (χ3v) is 6.00. The molecule has 0 unspecified atom stereocenters. The molecule has 0 aromatic carbocycles. The quantitative estimate of drug-likeness (QED) is 0.437. The lowest BCUT2D eigenvalue weighted by molar-refractivity contribution is 0.312. The Morgan fingerprint density at radius 1 is 1.06 bits per heavy atom. The van der Waals surface area contributed by atoms with Crippen LogP contribution in [0.5, 0.6) is 0 Å². The van der Waals surface area contributed by atoms with Crippen LogP contribution in [0.4, 0.5) is 23.4 Å². The van der Waals surface area contributed by atoms with Crippen LogP contribution in [0.1, 0.15) is 70.5 Å². The Bertz CT molecular complexity index is 1050. The number of nitrogens with one attached hydrogen (secondary N) is 3. The fraction of sp³-hybridized carbons (Fsp3) is 0.583. The minimum atomic E-state index is 0. The molecule has 186 valence electrons. The van der Waals surface area contributed by atoms with Crippen LogP contribution in [0, 0.1) is 0 Å². The number of nitrogens with zero attached hydrogens (tertiary/aromatic N) is 6. The van der Waals surface area contributed by atoms with E-state index in [2.05, 4.69) is 67.7 Å². The lowest BCUT2D eigenvalue weighted by Gasteiger charge is -2.33. The average Bonchev–Trinajstić information content (AvgIpc) is 3.33. The third-order valence-electron chi connectivity index (χ3n) is 6.00. The summed E-state index contributed by atoms with van der Waals surface area (Å²) in [7, 11) is 2.15. The monoisotopic (exact) mass is 469 g/mol. The van der Waals surface area contributed by atoms with Crippen molar-refractivity contribution in [2.75, 3.05) is 48.8 Å². The Hall–Kier alpha value is -3.14. The van der Waals surface area contributed by atoms with Gasteiger partial charge in [0.1, 0.15) is 11.6 Å². The van der Waals surface area contributed by atoms with Gasteiger partial charge in [-0.25, -0.2) is 0 Å². The van der Waals surface area contributed by atoms with E-state index in [9.17, 15) is 0 Å². The fourth-order valence-corrected chi connectivity index (χ4v) is 3.76. The van der Waals surface area contributed by atoms with E-state index in [1.54, 1.807) is 0 Å².